The van der Waals surface area contributed by atoms with Crippen LogP contribution in [-0.2, 0) is 5.41 Å². The Kier molecular flexibility index (Phi) is 4.03. The highest BCUT2D eigenvalue weighted by molar-refractivity contribution is 6.33. The van der Waals surface area contributed by atoms with Crippen molar-refractivity contribution in [1.82, 2.24) is 0 Å². The van der Waals surface area contributed by atoms with E-state index in [-0.39, 0.29) is 5.41 Å². The quantitative estimate of drug-likeness (QED) is 0.650. The summed E-state index contributed by atoms with van der Waals surface area (Å²) in [5, 5.41) is 0.682. The maximum atomic E-state index is 6.24. The molecule has 3 rings (SSSR count). The van der Waals surface area contributed by atoms with Gasteiger partial charge in [0.1, 0.15) is 0 Å². The van der Waals surface area contributed by atoms with Crippen molar-refractivity contribution in [1.29, 1.82) is 0 Å². The van der Waals surface area contributed by atoms with Crippen molar-refractivity contribution < 1.29 is 0 Å². The zero-order valence-corrected chi connectivity index (χ0v) is 14.7. The lowest BCUT2D eigenvalue weighted by atomic mass is 9.84. The summed E-state index contributed by atoms with van der Waals surface area (Å²) in [6.45, 7) is 6.51. The van der Waals surface area contributed by atoms with Crippen molar-refractivity contribution in [2.45, 2.75) is 26.2 Å². The molecule has 0 aromatic heterocycles. The highest BCUT2D eigenvalue weighted by atomic mass is 35.5. The van der Waals surface area contributed by atoms with E-state index in [2.05, 4.69) is 61.1 Å². The molecule has 23 heavy (non-hydrogen) atoms. The fraction of sp³-hybridized carbons (Fsp3) is 0.250. The van der Waals surface area contributed by atoms with Crippen molar-refractivity contribution >= 4 is 29.2 Å². The van der Waals surface area contributed by atoms with Gasteiger partial charge >= 0.3 is 0 Å². The van der Waals surface area contributed by atoms with Crippen LogP contribution in [0.1, 0.15) is 25.0 Å². The second-order valence-electron chi connectivity index (χ2n) is 6.49. The van der Waals surface area contributed by atoms with E-state index in [0.717, 1.165) is 11.3 Å². The van der Waals surface area contributed by atoms with Crippen LogP contribution in [0.4, 0.5) is 11.4 Å². The second kappa shape index (κ2) is 5.86. The van der Waals surface area contributed by atoms with Crippen LogP contribution in [0.5, 0.6) is 0 Å². The lowest BCUT2D eigenvalue weighted by Gasteiger charge is -2.23. The largest absolute Gasteiger partial charge is 0.347 e. The first kappa shape index (κ1) is 15.8. The number of anilines is 1. The highest BCUT2D eigenvalue weighted by Crippen LogP contribution is 2.46. The molecule has 0 aliphatic carbocycles. The Balaban J connectivity index is 1.93. The van der Waals surface area contributed by atoms with Gasteiger partial charge in [-0.3, -0.25) is 4.99 Å². The van der Waals surface area contributed by atoms with E-state index in [0.29, 0.717) is 5.02 Å². The maximum absolute atomic E-state index is 6.24. The van der Waals surface area contributed by atoms with Gasteiger partial charge in [0.15, 0.2) is 0 Å². The van der Waals surface area contributed by atoms with Gasteiger partial charge in [-0.1, -0.05) is 49.7 Å². The molecule has 0 atom stereocenters. The maximum Gasteiger partial charge on any atom is 0.0816 e. The predicted molar refractivity (Wildman–Crippen MR) is 100 cm³/mol. The molecule has 2 aromatic carbocycles. The number of rotatable bonds is 2. The highest BCUT2D eigenvalue weighted by Gasteiger charge is 2.37. The van der Waals surface area contributed by atoms with Crippen molar-refractivity contribution in [3.8, 4) is 0 Å². The molecule has 0 radical (unpaired) electrons. The molecule has 2 nitrogen and oxygen atoms in total. The van der Waals surface area contributed by atoms with E-state index in [1.54, 1.807) is 0 Å². The third-order valence-corrected chi connectivity index (χ3v) is 4.79. The molecule has 1 aliphatic heterocycles. The Morgan fingerprint density at radius 1 is 1.13 bits per heavy atom. The normalized spacial score (nSPS) is 18.0. The van der Waals surface area contributed by atoms with E-state index in [1.807, 2.05) is 31.3 Å². The summed E-state index contributed by atoms with van der Waals surface area (Å²) in [7, 11) is 2.10. The lowest BCUT2D eigenvalue weighted by molar-refractivity contribution is 0.641. The molecule has 0 unspecified atom stereocenters. The summed E-state index contributed by atoms with van der Waals surface area (Å²) in [6.07, 6.45) is 3.92. The van der Waals surface area contributed by atoms with Gasteiger partial charge < -0.3 is 4.90 Å². The number of nitrogens with zero attached hydrogens (tertiary/aromatic N) is 2. The van der Waals surface area contributed by atoms with Crippen LogP contribution in [0.3, 0.4) is 0 Å². The van der Waals surface area contributed by atoms with Crippen LogP contribution in [-0.4, -0.2) is 13.3 Å². The molecule has 3 heteroatoms. The Morgan fingerprint density at radius 3 is 2.57 bits per heavy atom. The number of allylic oxidation sites excluding steroid dienone is 2. The summed E-state index contributed by atoms with van der Waals surface area (Å²) in [6, 6.07) is 14.4. The van der Waals surface area contributed by atoms with Gasteiger partial charge in [-0.05, 0) is 42.3 Å². The van der Waals surface area contributed by atoms with Crippen LogP contribution in [0.15, 0.2) is 59.2 Å². The van der Waals surface area contributed by atoms with Gasteiger partial charge in [-0.2, -0.15) is 0 Å². The first-order valence-corrected chi connectivity index (χ1v) is 8.13. The van der Waals surface area contributed by atoms with E-state index in [4.69, 9.17) is 11.6 Å². The lowest BCUT2D eigenvalue weighted by Crippen LogP contribution is -2.23. The Labute approximate surface area is 143 Å². The minimum Gasteiger partial charge on any atom is -0.347 e. The summed E-state index contributed by atoms with van der Waals surface area (Å²) in [4.78, 5) is 6.75. The molecule has 0 saturated carbocycles. The van der Waals surface area contributed by atoms with Crippen molar-refractivity contribution in [2.75, 3.05) is 11.9 Å². The molecule has 118 valence electrons. The van der Waals surface area contributed by atoms with E-state index >= 15 is 0 Å². The average molecular weight is 325 g/mol. The van der Waals surface area contributed by atoms with Gasteiger partial charge in [-0.15, -0.1) is 0 Å². The summed E-state index contributed by atoms with van der Waals surface area (Å²) >= 11 is 6.24. The molecule has 0 amide bonds. The Hall–Kier alpha value is -2.06. The zero-order chi connectivity index (χ0) is 16.6. The molecule has 2 aromatic rings. The topological polar surface area (TPSA) is 15.6 Å². The van der Waals surface area contributed by atoms with E-state index in [1.165, 1.54) is 16.9 Å². The smallest absolute Gasteiger partial charge is 0.0816 e. The zero-order valence-electron chi connectivity index (χ0n) is 14.0. The fourth-order valence-electron chi connectivity index (χ4n) is 3.21. The molecule has 0 N–H and O–H groups in total. The van der Waals surface area contributed by atoms with Crippen molar-refractivity contribution in [2.24, 2.45) is 4.99 Å². The van der Waals surface area contributed by atoms with Gasteiger partial charge in [0.2, 0.25) is 0 Å². The number of hydrogen-bond acceptors (Lipinski definition) is 2. The van der Waals surface area contributed by atoms with Gasteiger partial charge in [0, 0.05) is 30.1 Å². The molecule has 0 bridgehead atoms. The first-order valence-electron chi connectivity index (χ1n) is 7.75. The SMILES string of the molecule is Cc1ccc(N=C/C=C2/N(C)c3ccccc3C2(C)C)c(Cl)c1. The number of aliphatic imine (C=N–C) groups is 1. The second-order valence-corrected chi connectivity index (χ2v) is 6.89. The molecule has 0 spiro atoms. The van der Waals surface area contributed by atoms with Crippen LogP contribution in [0, 0.1) is 6.92 Å². The van der Waals surface area contributed by atoms with Crippen LogP contribution < -0.4 is 4.90 Å². The monoisotopic (exact) mass is 324 g/mol. The molecule has 0 saturated heterocycles. The number of aryl methyl sites for hydroxylation is 1. The van der Waals surface area contributed by atoms with Crippen molar-refractivity contribution in [3.63, 3.8) is 0 Å². The van der Waals surface area contributed by atoms with E-state index < -0.39 is 0 Å². The molecule has 1 heterocycles. The number of fused-ring (bicyclic) bond motifs is 1. The average Bonchev–Trinajstić information content (AvgIpc) is 2.70. The van der Waals surface area contributed by atoms with Crippen LogP contribution in [0.2, 0.25) is 5.02 Å². The number of halogens is 1. The number of para-hydroxylation sites is 1. The van der Waals surface area contributed by atoms with Gasteiger partial charge in [0.05, 0.1) is 10.7 Å². The summed E-state index contributed by atoms with van der Waals surface area (Å²) in [5.41, 5.74) is 5.73. The fourth-order valence-corrected chi connectivity index (χ4v) is 3.49. The third kappa shape index (κ3) is 2.79. The molecule has 0 fully saturated rings. The summed E-state index contributed by atoms with van der Waals surface area (Å²) in [5.74, 6) is 0. The molecular weight excluding hydrogens is 304 g/mol. The Bertz CT molecular complexity index is 803. The third-order valence-electron chi connectivity index (χ3n) is 4.49. The summed E-state index contributed by atoms with van der Waals surface area (Å²) < 4.78 is 0. The van der Waals surface area contributed by atoms with Crippen molar-refractivity contribution in [3.05, 3.63) is 70.4 Å². The standard InChI is InChI=1S/C20H21ClN2/c1-14-9-10-17(16(21)13-14)22-12-11-19-20(2,3)15-7-5-6-8-18(15)23(19)4/h5-13H,1-4H3/b19-11+,22-12?. The predicted octanol–water partition coefficient (Wildman–Crippen LogP) is 5.66. The number of hydrogen-bond donors (Lipinski definition) is 0. The molecular formula is C20H21ClN2. The minimum absolute atomic E-state index is 0.0333. The van der Waals surface area contributed by atoms with Crippen LogP contribution in [0.25, 0.3) is 0 Å². The minimum atomic E-state index is -0.0333. The van der Waals surface area contributed by atoms with Gasteiger partial charge in [-0.25, -0.2) is 0 Å². The Morgan fingerprint density at radius 2 is 1.87 bits per heavy atom. The molecule has 1 aliphatic rings. The van der Waals surface area contributed by atoms with Crippen LogP contribution >= 0.6 is 11.6 Å². The first-order chi connectivity index (χ1) is 10.9. The number of benzene rings is 2. The van der Waals surface area contributed by atoms with Gasteiger partial charge in [0.25, 0.3) is 0 Å². The van der Waals surface area contributed by atoms with E-state index in [9.17, 15) is 0 Å². The number of likely N-dealkylation sites (N-methyl/N-ethyl adjacent to an activating group) is 1.